The van der Waals surface area contributed by atoms with E-state index in [4.69, 9.17) is 4.74 Å². The molecule has 1 heterocycles. The molecule has 2 N–H and O–H groups in total. The van der Waals surface area contributed by atoms with Crippen LogP contribution in [0.4, 0.5) is 0 Å². The molecule has 2 rings (SSSR count). The van der Waals surface area contributed by atoms with Crippen molar-refractivity contribution >= 4 is 0 Å². The smallest absolute Gasteiger partial charge is 0.0704 e. The number of nitrogens with one attached hydrogen (secondary N) is 1. The maximum absolute atomic E-state index is 9.70. The van der Waals surface area contributed by atoms with Gasteiger partial charge in [-0.3, -0.25) is 0 Å². The van der Waals surface area contributed by atoms with Crippen molar-refractivity contribution in [3.05, 3.63) is 0 Å². The van der Waals surface area contributed by atoms with Crippen LogP contribution in [-0.4, -0.2) is 35.5 Å². The van der Waals surface area contributed by atoms with Gasteiger partial charge in [-0.1, -0.05) is 0 Å². The Hall–Kier alpha value is -0.120. The first-order valence-electron chi connectivity index (χ1n) is 5.76. The molecule has 0 radical (unpaired) electrons. The van der Waals surface area contributed by atoms with Crippen LogP contribution in [0.25, 0.3) is 0 Å². The van der Waals surface area contributed by atoms with Crippen molar-refractivity contribution in [1.29, 1.82) is 0 Å². The Morgan fingerprint density at radius 1 is 1.21 bits per heavy atom. The average Bonchev–Trinajstić information content (AvgIpc) is 2.62. The maximum atomic E-state index is 9.70. The van der Waals surface area contributed by atoms with Gasteiger partial charge < -0.3 is 15.2 Å². The quantitative estimate of drug-likeness (QED) is 0.698. The van der Waals surface area contributed by atoms with Crippen molar-refractivity contribution in [3.8, 4) is 0 Å². The standard InChI is InChI=1S/C11H21NO2/c1-7-6-10(8(2)14-7)12-9-4-3-5-11(9)13/h7-13H,3-6H2,1-2H3/t7?,8?,9-,10?,11-/m0/s1. The number of hydrogen-bond acceptors (Lipinski definition) is 3. The van der Waals surface area contributed by atoms with E-state index >= 15 is 0 Å². The van der Waals surface area contributed by atoms with Crippen LogP contribution >= 0.6 is 0 Å². The van der Waals surface area contributed by atoms with Gasteiger partial charge in [-0.2, -0.15) is 0 Å². The van der Waals surface area contributed by atoms with Crippen LogP contribution in [0.1, 0.15) is 39.5 Å². The van der Waals surface area contributed by atoms with Gasteiger partial charge in [0.1, 0.15) is 0 Å². The lowest BCUT2D eigenvalue weighted by molar-refractivity contribution is 0.0564. The number of rotatable bonds is 2. The van der Waals surface area contributed by atoms with Gasteiger partial charge in [-0.25, -0.2) is 0 Å². The van der Waals surface area contributed by atoms with Crippen molar-refractivity contribution < 1.29 is 9.84 Å². The Kier molecular flexibility index (Phi) is 3.10. The molecule has 5 atom stereocenters. The zero-order chi connectivity index (χ0) is 10.1. The summed E-state index contributed by atoms with van der Waals surface area (Å²) in [6.45, 7) is 4.23. The van der Waals surface area contributed by atoms with E-state index in [2.05, 4.69) is 19.2 Å². The number of aliphatic hydroxyl groups excluding tert-OH is 1. The van der Waals surface area contributed by atoms with Gasteiger partial charge in [0.2, 0.25) is 0 Å². The molecule has 0 amide bonds. The Morgan fingerprint density at radius 2 is 2.00 bits per heavy atom. The van der Waals surface area contributed by atoms with Crippen molar-refractivity contribution in [2.45, 2.75) is 69.9 Å². The van der Waals surface area contributed by atoms with E-state index < -0.39 is 0 Å². The summed E-state index contributed by atoms with van der Waals surface area (Å²) in [5.41, 5.74) is 0. The summed E-state index contributed by atoms with van der Waals surface area (Å²) >= 11 is 0. The molecule has 3 unspecified atom stereocenters. The minimum Gasteiger partial charge on any atom is -0.392 e. The van der Waals surface area contributed by atoms with E-state index in [0.29, 0.717) is 18.2 Å². The summed E-state index contributed by atoms with van der Waals surface area (Å²) in [7, 11) is 0. The van der Waals surface area contributed by atoms with Crippen LogP contribution < -0.4 is 5.32 Å². The summed E-state index contributed by atoms with van der Waals surface area (Å²) in [6, 6.07) is 0.735. The van der Waals surface area contributed by atoms with Crippen molar-refractivity contribution in [2.75, 3.05) is 0 Å². The molecule has 14 heavy (non-hydrogen) atoms. The minimum absolute atomic E-state index is 0.141. The van der Waals surface area contributed by atoms with Crippen LogP contribution in [0.3, 0.4) is 0 Å². The van der Waals surface area contributed by atoms with Crippen molar-refractivity contribution in [1.82, 2.24) is 5.32 Å². The van der Waals surface area contributed by atoms with Gasteiger partial charge in [-0.15, -0.1) is 0 Å². The molecule has 1 aliphatic carbocycles. The van der Waals surface area contributed by atoms with Gasteiger partial charge in [0.25, 0.3) is 0 Å². The van der Waals surface area contributed by atoms with E-state index in [0.717, 1.165) is 25.7 Å². The predicted molar refractivity (Wildman–Crippen MR) is 55.2 cm³/mol. The third kappa shape index (κ3) is 2.10. The van der Waals surface area contributed by atoms with Gasteiger partial charge >= 0.3 is 0 Å². The Bertz CT molecular complexity index is 198. The van der Waals surface area contributed by atoms with Crippen LogP contribution in [-0.2, 0) is 4.74 Å². The van der Waals surface area contributed by atoms with Crippen LogP contribution in [0, 0.1) is 0 Å². The van der Waals surface area contributed by atoms with Gasteiger partial charge in [-0.05, 0) is 39.5 Å². The molecule has 0 bridgehead atoms. The van der Waals surface area contributed by atoms with Crippen LogP contribution in [0.15, 0.2) is 0 Å². The first kappa shape index (κ1) is 10.4. The lowest BCUT2D eigenvalue weighted by Gasteiger charge is -2.23. The molecule has 1 saturated heterocycles. The molecule has 2 aliphatic rings. The molecule has 0 aromatic heterocycles. The second-order valence-corrected chi connectivity index (χ2v) is 4.77. The van der Waals surface area contributed by atoms with Gasteiger partial charge in [0.15, 0.2) is 0 Å². The third-order valence-corrected chi connectivity index (χ3v) is 3.51. The summed E-state index contributed by atoms with van der Waals surface area (Å²) in [5.74, 6) is 0. The lowest BCUT2D eigenvalue weighted by Crippen LogP contribution is -2.45. The van der Waals surface area contributed by atoms with Crippen LogP contribution in [0.2, 0.25) is 0 Å². The highest BCUT2D eigenvalue weighted by molar-refractivity contribution is 4.90. The lowest BCUT2D eigenvalue weighted by atomic mass is 10.1. The first-order chi connectivity index (χ1) is 6.66. The highest BCUT2D eigenvalue weighted by atomic mass is 16.5. The number of hydrogen-bond donors (Lipinski definition) is 2. The van der Waals surface area contributed by atoms with E-state index in [1.807, 2.05) is 0 Å². The molecule has 0 spiro atoms. The topological polar surface area (TPSA) is 41.5 Å². The van der Waals surface area contributed by atoms with E-state index in [1.54, 1.807) is 0 Å². The summed E-state index contributed by atoms with van der Waals surface area (Å²) < 4.78 is 5.68. The minimum atomic E-state index is -0.141. The number of ether oxygens (including phenoxy) is 1. The fraction of sp³-hybridized carbons (Fsp3) is 1.00. The average molecular weight is 199 g/mol. The predicted octanol–water partition coefficient (Wildman–Crippen LogP) is 1.06. The maximum Gasteiger partial charge on any atom is 0.0704 e. The summed E-state index contributed by atoms with van der Waals surface area (Å²) in [4.78, 5) is 0. The molecular formula is C11H21NO2. The molecule has 2 fully saturated rings. The number of aliphatic hydroxyl groups is 1. The molecule has 1 aliphatic heterocycles. The van der Waals surface area contributed by atoms with E-state index in [1.165, 1.54) is 0 Å². The highest BCUT2D eigenvalue weighted by Gasteiger charge is 2.34. The third-order valence-electron chi connectivity index (χ3n) is 3.51. The zero-order valence-corrected chi connectivity index (χ0v) is 9.07. The SMILES string of the molecule is CC1CC(N[C@H]2CCC[C@@H]2O)C(C)O1. The first-order valence-corrected chi connectivity index (χ1v) is 5.76. The largest absolute Gasteiger partial charge is 0.392 e. The second kappa shape index (κ2) is 4.17. The fourth-order valence-electron chi connectivity index (χ4n) is 2.68. The molecule has 3 nitrogen and oxygen atoms in total. The van der Waals surface area contributed by atoms with Crippen molar-refractivity contribution in [2.24, 2.45) is 0 Å². The van der Waals surface area contributed by atoms with E-state index in [-0.39, 0.29) is 12.2 Å². The van der Waals surface area contributed by atoms with E-state index in [9.17, 15) is 5.11 Å². The Balaban J connectivity index is 1.85. The Morgan fingerprint density at radius 3 is 2.50 bits per heavy atom. The molecule has 3 heteroatoms. The van der Waals surface area contributed by atoms with Crippen LogP contribution in [0.5, 0.6) is 0 Å². The second-order valence-electron chi connectivity index (χ2n) is 4.77. The fourth-order valence-corrected chi connectivity index (χ4v) is 2.68. The Labute approximate surface area is 85.8 Å². The van der Waals surface area contributed by atoms with Crippen molar-refractivity contribution in [3.63, 3.8) is 0 Å². The van der Waals surface area contributed by atoms with Gasteiger partial charge in [0, 0.05) is 12.1 Å². The molecular weight excluding hydrogens is 178 g/mol. The molecule has 0 aromatic carbocycles. The monoisotopic (exact) mass is 199 g/mol. The normalized spacial score (nSPS) is 48.6. The molecule has 0 aromatic rings. The zero-order valence-electron chi connectivity index (χ0n) is 9.07. The highest BCUT2D eigenvalue weighted by Crippen LogP contribution is 2.24. The molecule has 82 valence electrons. The summed E-state index contributed by atoms with van der Waals surface area (Å²) in [5, 5.41) is 13.2. The molecule has 1 saturated carbocycles. The summed E-state index contributed by atoms with van der Waals surface area (Å²) in [6.07, 6.45) is 4.80. The van der Waals surface area contributed by atoms with Gasteiger partial charge in [0.05, 0.1) is 18.3 Å².